The molecule has 4 aliphatic carbocycles. The zero-order valence-corrected chi connectivity index (χ0v) is 13.8. The summed E-state index contributed by atoms with van der Waals surface area (Å²) in [5.41, 5.74) is -0.0338. The number of fused-ring (bicyclic) bond motifs is 5. The lowest BCUT2D eigenvalue weighted by molar-refractivity contribution is -0.156. The number of rotatable bonds is 1. The van der Waals surface area contributed by atoms with Gasteiger partial charge in [-0.3, -0.25) is 4.79 Å². The molecule has 0 spiro atoms. The highest BCUT2D eigenvalue weighted by molar-refractivity contribution is 5.87. The first-order valence-electron chi connectivity index (χ1n) is 9.33. The molecule has 0 amide bonds. The topological polar surface area (TPSA) is 57.5 Å². The summed E-state index contributed by atoms with van der Waals surface area (Å²) in [7, 11) is 0. The number of Topliss-reactive ketones (excluding diaryl/α,β-unsaturated/α-hetero) is 1. The first-order valence-corrected chi connectivity index (χ1v) is 9.33. The van der Waals surface area contributed by atoms with Gasteiger partial charge in [0, 0.05) is 18.4 Å². The maximum Gasteiger partial charge on any atom is 0.139 e. The Bertz CT molecular complexity index is 475. The van der Waals surface area contributed by atoms with E-state index in [-0.39, 0.29) is 23.5 Å². The van der Waals surface area contributed by atoms with Gasteiger partial charge in [-0.2, -0.15) is 0 Å². The summed E-state index contributed by atoms with van der Waals surface area (Å²) in [5.74, 6) is 2.74. The maximum atomic E-state index is 12.4. The van der Waals surface area contributed by atoms with Crippen molar-refractivity contribution < 1.29 is 15.0 Å². The smallest absolute Gasteiger partial charge is 0.139 e. The van der Waals surface area contributed by atoms with Gasteiger partial charge in [-0.25, -0.2) is 0 Å². The third-order valence-corrected chi connectivity index (χ3v) is 8.34. The molecule has 4 rings (SSSR count). The van der Waals surface area contributed by atoms with Crippen LogP contribution in [0.1, 0.15) is 64.7 Å². The van der Waals surface area contributed by atoms with Gasteiger partial charge < -0.3 is 10.2 Å². The van der Waals surface area contributed by atoms with Crippen LogP contribution in [0, 0.1) is 34.5 Å². The molecule has 0 bridgehead atoms. The van der Waals surface area contributed by atoms with Crippen molar-refractivity contribution in [2.45, 2.75) is 70.8 Å². The maximum absolute atomic E-state index is 12.4. The van der Waals surface area contributed by atoms with Gasteiger partial charge in [0.1, 0.15) is 5.78 Å². The largest absolute Gasteiger partial charge is 0.396 e. The molecule has 2 N–H and O–H groups in total. The Morgan fingerprint density at radius 3 is 2.68 bits per heavy atom. The van der Waals surface area contributed by atoms with Crippen LogP contribution in [0.25, 0.3) is 0 Å². The molecule has 3 nitrogen and oxygen atoms in total. The molecule has 4 saturated carbocycles. The van der Waals surface area contributed by atoms with Gasteiger partial charge in [-0.05, 0) is 80.5 Å². The molecule has 4 aliphatic rings. The molecule has 0 aromatic heterocycles. The normalized spacial score (nSPS) is 54.5. The lowest BCUT2D eigenvalue weighted by Gasteiger charge is -2.60. The molecule has 7 atom stereocenters. The fourth-order valence-corrected chi connectivity index (χ4v) is 7.11. The Morgan fingerprint density at radius 2 is 1.91 bits per heavy atom. The Morgan fingerprint density at radius 1 is 1.09 bits per heavy atom. The molecule has 0 heterocycles. The number of aliphatic hydroxyl groups is 2. The van der Waals surface area contributed by atoms with E-state index in [1.807, 2.05) is 0 Å². The molecule has 0 saturated heterocycles. The van der Waals surface area contributed by atoms with Crippen LogP contribution < -0.4 is 0 Å². The van der Waals surface area contributed by atoms with Crippen LogP contribution in [0.3, 0.4) is 0 Å². The van der Waals surface area contributed by atoms with E-state index in [1.54, 1.807) is 0 Å². The van der Waals surface area contributed by atoms with Crippen molar-refractivity contribution in [1.29, 1.82) is 0 Å². The summed E-state index contributed by atoms with van der Waals surface area (Å²) >= 11 is 0. The molecule has 3 heteroatoms. The molecule has 0 radical (unpaired) electrons. The molecule has 22 heavy (non-hydrogen) atoms. The molecular formula is C19H30O3. The first-order chi connectivity index (χ1) is 10.5. The molecular weight excluding hydrogens is 276 g/mol. The highest BCUT2D eigenvalue weighted by Gasteiger charge is 2.61. The van der Waals surface area contributed by atoms with Gasteiger partial charge in [0.25, 0.3) is 0 Å². The summed E-state index contributed by atoms with van der Waals surface area (Å²) in [5, 5.41) is 20.4. The van der Waals surface area contributed by atoms with E-state index in [0.717, 1.165) is 51.4 Å². The molecule has 0 aliphatic heterocycles. The average molecular weight is 306 g/mol. The van der Waals surface area contributed by atoms with E-state index >= 15 is 0 Å². The lowest BCUT2D eigenvalue weighted by Crippen LogP contribution is -2.56. The Hall–Kier alpha value is -0.410. The fourth-order valence-electron chi connectivity index (χ4n) is 7.11. The van der Waals surface area contributed by atoms with Crippen molar-refractivity contribution in [3.8, 4) is 0 Å². The van der Waals surface area contributed by atoms with Crippen molar-refractivity contribution >= 4 is 5.78 Å². The van der Waals surface area contributed by atoms with Crippen LogP contribution >= 0.6 is 0 Å². The van der Waals surface area contributed by atoms with Crippen LogP contribution in [0.4, 0.5) is 0 Å². The van der Waals surface area contributed by atoms with Crippen LogP contribution in [-0.4, -0.2) is 28.7 Å². The summed E-state index contributed by atoms with van der Waals surface area (Å²) < 4.78 is 0. The predicted octanol–water partition coefficient (Wildman–Crippen LogP) is 2.93. The number of aliphatic hydroxyl groups excluding tert-OH is 2. The predicted molar refractivity (Wildman–Crippen MR) is 84.2 cm³/mol. The minimum atomic E-state index is -0.164. The third kappa shape index (κ3) is 1.84. The monoisotopic (exact) mass is 306 g/mol. The Kier molecular flexibility index (Phi) is 3.47. The number of hydrogen-bond acceptors (Lipinski definition) is 3. The lowest BCUT2D eigenvalue weighted by atomic mass is 9.45. The van der Waals surface area contributed by atoms with Crippen molar-refractivity contribution in [3.63, 3.8) is 0 Å². The second-order valence-electron chi connectivity index (χ2n) is 8.89. The molecule has 4 fully saturated rings. The van der Waals surface area contributed by atoms with E-state index in [1.165, 1.54) is 6.42 Å². The van der Waals surface area contributed by atoms with E-state index in [9.17, 15) is 15.0 Å². The van der Waals surface area contributed by atoms with Gasteiger partial charge in [0.05, 0.1) is 6.10 Å². The summed E-state index contributed by atoms with van der Waals surface area (Å²) in [6.45, 7) is 2.49. The van der Waals surface area contributed by atoms with Gasteiger partial charge in [0.2, 0.25) is 0 Å². The third-order valence-electron chi connectivity index (χ3n) is 8.34. The summed E-state index contributed by atoms with van der Waals surface area (Å²) in [6.07, 6.45) is 8.87. The number of ketones is 1. The zero-order chi connectivity index (χ0) is 15.5. The highest BCUT2D eigenvalue weighted by Crippen LogP contribution is 2.65. The van der Waals surface area contributed by atoms with Crippen molar-refractivity contribution in [1.82, 2.24) is 0 Å². The quantitative estimate of drug-likeness (QED) is 0.783. The molecule has 0 aromatic carbocycles. The Balaban J connectivity index is 1.66. The van der Waals surface area contributed by atoms with Crippen LogP contribution in [0.2, 0.25) is 0 Å². The SMILES string of the molecule is C[C@]12CC[C@H]3[C@@H](CC[C@H]4C[C@@H](O)CC[C@@]43CO)[C@@H]1CCC2=O. The van der Waals surface area contributed by atoms with Gasteiger partial charge in [-0.15, -0.1) is 0 Å². The second-order valence-corrected chi connectivity index (χ2v) is 8.89. The van der Waals surface area contributed by atoms with Gasteiger partial charge in [0.15, 0.2) is 0 Å². The zero-order valence-electron chi connectivity index (χ0n) is 13.8. The minimum absolute atomic E-state index is 0.0368. The van der Waals surface area contributed by atoms with E-state index in [4.69, 9.17) is 0 Å². The summed E-state index contributed by atoms with van der Waals surface area (Å²) in [6, 6.07) is 0. The van der Waals surface area contributed by atoms with Crippen LogP contribution in [0.5, 0.6) is 0 Å². The number of hydrogen-bond donors (Lipinski definition) is 2. The Labute approximate surface area is 133 Å². The van der Waals surface area contributed by atoms with E-state index in [0.29, 0.717) is 29.5 Å². The first kappa shape index (κ1) is 15.1. The molecule has 0 unspecified atom stereocenters. The second kappa shape index (κ2) is 5.04. The highest BCUT2D eigenvalue weighted by atomic mass is 16.3. The fraction of sp³-hybridized carbons (Fsp3) is 0.947. The molecule has 124 valence electrons. The standard InChI is InChI=1S/C19H30O3/c1-18-8-7-16-14(15(18)4-5-17(18)22)3-2-12-10-13(21)6-9-19(12,16)11-20/h12-16,20-21H,2-11H2,1H3/t12-,13-,14-,15-,16-,18-,19+/m0/s1. The van der Waals surface area contributed by atoms with Gasteiger partial charge in [-0.1, -0.05) is 6.92 Å². The van der Waals surface area contributed by atoms with Crippen LogP contribution in [0.15, 0.2) is 0 Å². The van der Waals surface area contributed by atoms with E-state index < -0.39 is 0 Å². The average Bonchev–Trinajstić information content (AvgIpc) is 2.82. The summed E-state index contributed by atoms with van der Waals surface area (Å²) in [4.78, 5) is 12.4. The van der Waals surface area contributed by atoms with Crippen molar-refractivity contribution in [2.24, 2.45) is 34.5 Å². The van der Waals surface area contributed by atoms with E-state index in [2.05, 4.69) is 6.92 Å². The number of carbonyl (C=O) groups excluding carboxylic acids is 1. The van der Waals surface area contributed by atoms with Crippen LogP contribution in [-0.2, 0) is 4.79 Å². The minimum Gasteiger partial charge on any atom is -0.396 e. The number of carbonyl (C=O) groups is 1. The van der Waals surface area contributed by atoms with Crippen molar-refractivity contribution in [3.05, 3.63) is 0 Å². The van der Waals surface area contributed by atoms with Gasteiger partial charge >= 0.3 is 0 Å². The molecule has 0 aromatic rings. The van der Waals surface area contributed by atoms with Crippen molar-refractivity contribution in [2.75, 3.05) is 6.61 Å².